The number of benzene rings is 1. The van der Waals surface area contributed by atoms with E-state index in [1.807, 2.05) is 30.3 Å². The molecule has 2 N–H and O–H groups in total. The van der Waals surface area contributed by atoms with E-state index in [1.54, 1.807) is 12.5 Å². The van der Waals surface area contributed by atoms with Crippen LogP contribution in [0.2, 0.25) is 0 Å². The van der Waals surface area contributed by atoms with Crippen LogP contribution < -0.4 is 5.32 Å². The summed E-state index contributed by atoms with van der Waals surface area (Å²) in [6.45, 7) is 3.11. The van der Waals surface area contributed by atoms with E-state index >= 15 is 0 Å². The summed E-state index contributed by atoms with van der Waals surface area (Å²) in [5.41, 5.74) is 4.94. The van der Waals surface area contributed by atoms with E-state index in [9.17, 15) is 0 Å². The Morgan fingerprint density at radius 3 is 2.69 bits per heavy atom. The van der Waals surface area contributed by atoms with E-state index in [0.29, 0.717) is 0 Å². The SMILES string of the molecule is CCCCNc1ccc2c(-c3ccncn3)c(-c3ccccc3)[nH]c2n1. The van der Waals surface area contributed by atoms with Crippen molar-refractivity contribution in [1.82, 2.24) is 19.9 Å². The van der Waals surface area contributed by atoms with Crippen molar-refractivity contribution in [3.05, 3.63) is 61.1 Å². The number of hydrogen-bond acceptors (Lipinski definition) is 4. The normalized spacial score (nSPS) is 11.0. The largest absolute Gasteiger partial charge is 0.370 e. The number of pyridine rings is 1. The van der Waals surface area contributed by atoms with Gasteiger partial charge in [0.15, 0.2) is 0 Å². The lowest BCUT2D eigenvalue weighted by atomic mass is 10.0. The molecule has 0 aliphatic rings. The summed E-state index contributed by atoms with van der Waals surface area (Å²) in [6.07, 6.45) is 5.64. The Morgan fingerprint density at radius 1 is 1.04 bits per heavy atom. The molecule has 0 aliphatic carbocycles. The predicted octanol–water partition coefficient (Wildman–Crippen LogP) is 4.90. The minimum atomic E-state index is 0.860. The summed E-state index contributed by atoms with van der Waals surface area (Å²) in [7, 11) is 0. The third-order valence-corrected chi connectivity index (χ3v) is 4.39. The number of hydrogen-bond donors (Lipinski definition) is 2. The Kier molecular flexibility index (Phi) is 4.60. The third kappa shape index (κ3) is 3.16. The lowest BCUT2D eigenvalue weighted by molar-refractivity contribution is 0.831. The van der Waals surface area contributed by atoms with E-state index in [0.717, 1.165) is 58.8 Å². The minimum Gasteiger partial charge on any atom is -0.370 e. The van der Waals surface area contributed by atoms with Crippen LogP contribution in [0, 0.1) is 0 Å². The zero-order valence-electron chi connectivity index (χ0n) is 14.7. The summed E-state index contributed by atoms with van der Waals surface area (Å²) < 4.78 is 0. The van der Waals surface area contributed by atoms with Gasteiger partial charge in [-0.15, -0.1) is 0 Å². The zero-order chi connectivity index (χ0) is 17.8. The first-order valence-electron chi connectivity index (χ1n) is 8.95. The standard InChI is InChI=1S/C21H21N5/c1-2-3-12-23-18-10-9-16-19(17-11-13-22-14-24-17)20(26-21(16)25-18)15-7-5-4-6-8-15/h4-11,13-14H,2-3,12H2,1H3,(H2,23,25,26). The van der Waals surface area contributed by atoms with Crippen LogP contribution in [-0.4, -0.2) is 26.5 Å². The van der Waals surface area contributed by atoms with Gasteiger partial charge in [-0.1, -0.05) is 43.7 Å². The second-order valence-electron chi connectivity index (χ2n) is 6.21. The van der Waals surface area contributed by atoms with Crippen molar-refractivity contribution >= 4 is 16.9 Å². The lowest BCUT2D eigenvalue weighted by Crippen LogP contribution is -2.02. The average Bonchev–Trinajstić information content (AvgIpc) is 3.08. The lowest BCUT2D eigenvalue weighted by Gasteiger charge is -2.05. The maximum Gasteiger partial charge on any atom is 0.140 e. The van der Waals surface area contributed by atoms with Gasteiger partial charge in [0, 0.05) is 23.7 Å². The Labute approximate surface area is 152 Å². The van der Waals surface area contributed by atoms with Crippen molar-refractivity contribution in [1.29, 1.82) is 0 Å². The molecule has 0 fully saturated rings. The first kappa shape index (κ1) is 16.3. The zero-order valence-corrected chi connectivity index (χ0v) is 14.7. The quantitative estimate of drug-likeness (QED) is 0.489. The summed E-state index contributed by atoms with van der Waals surface area (Å²) in [4.78, 5) is 16.8. The maximum absolute atomic E-state index is 4.77. The van der Waals surface area contributed by atoms with Gasteiger partial charge in [-0.05, 0) is 30.2 Å². The fourth-order valence-electron chi connectivity index (χ4n) is 3.09. The van der Waals surface area contributed by atoms with Crippen LogP contribution >= 0.6 is 0 Å². The molecule has 130 valence electrons. The highest BCUT2D eigenvalue weighted by molar-refractivity contribution is 6.01. The molecular formula is C21H21N5. The summed E-state index contributed by atoms with van der Waals surface area (Å²) in [5.74, 6) is 0.890. The summed E-state index contributed by atoms with van der Waals surface area (Å²) in [6, 6.07) is 16.4. The second kappa shape index (κ2) is 7.35. The molecule has 0 aliphatic heterocycles. The highest BCUT2D eigenvalue weighted by Gasteiger charge is 2.17. The van der Waals surface area contributed by atoms with Gasteiger partial charge in [0.05, 0.1) is 11.4 Å². The Balaban J connectivity index is 1.85. The smallest absolute Gasteiger partial charge is 0.140 e. The molecule has 4 rings (SSSR count). The fraction of sp³-hybridized carbons (Fsp3) is 0.190. The van der Waals surface area contributed by atoms with E-state index in [1.165, 1.54) is 0 Å². The molecule has 0 spiro atoms. The van der Waals surface area contributed by atoms with Crippen molar-refractivity contribution < 1.29 is 0 Å². The molecule has 0 unspecified atom stereocenters. The molecule has 0 atom stereocenters. The maximum atomic E-state index is 4.77. The minimum absolute atomic E-state index is 0.860. The molecule has 0 radical (unpaired) electrons. The highest BCUT2D eigenvalue weighted by atomic mass is 15.0. The van der Waals surface area contributed by atoms with Crippen LogP contribution in [0.4, 0.5) is 5.82 Å². The van der Waals surface area contributed by atoms with Crippen molar-refractivity contribution in [3.63, 3.8) is 0 Å². The number of fused-ring (bicyclic) bond motifs is 1. The summed E-state index contributed by atoms with van der Waals surface area (Å²) >= 11 is 0. The van der Waals surface area contributed by atoms with Crippen LogP contribution in [0.5, 0.6) is 0 Å². The molecule has 26 heavy (non-hydrogen) atoms. The van der Waals surface area contributed by atoms with Gasteiger partial charge in [-0.2, -0.15) is 0 Å². The average molecular weight is 343 g/mol. The number of aromatic nitrogens is 4. The number of nitrogens with zero attached hydrogens (tertiary/aromatic N) is 3. The van der Waals surface area contributed by atoms with Crippen LogP contribution in [0.3, 0.4) is 0 Å². The first-order chi connectivity index (χ1) is 12.9. The topological polar surface area (TPSA) is 66.5 Å². The monoisotopic (exact) mass is 343 g/mol. The van der Waals surface area contributed by atoms with Gasteiger partial charge in [-0.25, -0.2) is 15.0 Å². The molecular weight excluding hydrogens is 322 g/mol. The predicted molar refractivity (Wildman–Crippen MR) is 106 cm³/mol. The van der Waals surface area contributed by atoms with E-state index in [-0.39, 0.29) is 0 Å². The van der Waals surface area contributed by atoms with Gasteiger partial charge < -0.3 is 10.3 Å². The molecule has 5 nitrogen and oxygen atoms in total. The van der Waals surface area contributed by atoms with Gasteiger partial charge in [0.2, 0.25) is 0 Å². The summed E-state index contributed by atoms with van der Waals surface area (Å²) in [5, 5.41) is 4.45. The van der Waals surface area contributed by atoms with Gasteiger partial charge in [-0.3, -0.25) is 0 Å². The highest BCUT2D eigenvalue weighted by Crippen LogP contribution is 2.36. The fourth-order valence-corrected chi connectivity index (χ4v) is 3.09. The third-order valence-electron chi connectivity index (χ3n) is 4.39. The van der Waals surface area contributed by atoms with E-state index < -0.39 is 0 Å². The van der Waals surface area contributed by atoms with Crippen molar-refractivity contribution in [2.24, 2.45) is 0 Å². The number of nitrogens with one attached hydrogen (secondary N) is 2. The van der Waals surface area contributed by atoms with Gasteiger partial charge >= 0.3 is 0 Å². The van der Waals surface area contributed by atoms with Crippen LogP contribution in [0.25, 0.3) is 33.5 Å². The number of anilines is 1. The van der Waals surface area contributed by atoms with Crippen molar-refractivity contribution in [2.75, 3.05) is 11.9 Å². The van der Waals surface area contributed by atoms with Crippen molar-refractivity contribution in [2.45, 2.75) is 19.8 Å². The van der Waals surface area contributed by atoms with Gasteiger partial charge in [0.1, 0.15) is 17.8 Å². The molecule has 0 saturated carbocycles. The number of H-pyrrole nitrogens is 1. The second-order valence-corrected chi connectivity index (χ2v) is 6.21. The molecule has 0 bridgehead atoms. The first-order valence-corrected chi connectivity index (χ1v) is 8.95. The van der Waals surface area contributed by atoms with Crippen LogP contribution in [0.15, 0.2) is 61.1 Å². The number of rotatable bonds is 6. The Bertz CT molecular complexity index is 993. The molecule has 0 amide bonds. The molecule has 3 aromatic heterocycles. The molecule has 3 heterocycles. The number of unbranched alkanes of at least 4 members (excludes halogenated alkanes) is 1. The van der Waals surface area contributed by atoms with Gasteiger partial charge in [0.25, 0.3) is 0 Å². The molecule has 5 heteroatoms. The van der Waals surface area contributed by atoms with Crippen LogP contribution in [-0.2, 0) is 0 Å². The Hall–Kier alpha value is -3.21. The molecule has 0 saturated heterocycles. The molecule has 4 aromatic rings. The molecule has 1 aromatic carbocycles. The van der Waals surface area contributed by atoms with Crippen molar-refractivity contribution in [3.8, 4) is 22.5 Å². The number of aromatic amines is 1. The Morgan fingerprint density at radius 2 is 1.92 bits per heavy atom. The van der Waals surface area contributed by atoms with Crippen LogP contribution in [0.1, 0.15) is 19.8 Å². The van der Waals surface area contributed by atoms with E-state index in [2.05, 4.69) is 45.4 Å². The van der Waals surface area contributed by atoms with E-state index in [4.69, 9.17) is 4.98 Å².